The highest BCUT2D eigenvalue weighted by Crippen LogP contribution is 2.26. The van der Waals surface area contributed by atoms with Crippen LogP contribution in [0.1, 0.15) is 31.2 Å². The van der Waals surface area contributed by atoms with E-state index in [1.165, 1.54) is 18.4 Å². The van der Waals surface area contributed by atoms with Crippen molar-refractivity contribution in [3.05, 3.63) is 41.7 Å². The molecule has 1 aliphatic carbocycles. The number of hydrogen-bond acceptors (Lipinski definition) is 4. The number of aromatic nitrogens is 2. The fourth-order valence-electron chi connectivity index (χ4n) is 2.23. The lowest BCUT2D eigenvalue weighted by atomic mass is 10.1. The number of para-hydroxylation sites is 1. The Bertz CT molecular complexity index is 605. The van der Waals surface area contributed by atoms with Gasteiger partial charge in [0.25, 0.3) is 0 Å². The van der Waals surface area contributed by atoms with Crippen molar-refractivity contribution in [2.75, 3.05) is 10.6 Å². The second kappa shape index (κ2) is 5.49. The van der Waals surface area contributed by atoms with Crippen LogP contribution in [0.15, 0.2) is 30.3 Å². The average Bonchev–Trinajstić information content (AvgIpc) is 3.22. The zero-order chi connectivity index (χ0) is 13.9. The topological polar surface area (TPSA) is 49.8 Å². The molecule has 0 amide bonds. The Kier molecular flexibility index (Phi) is 3.54. The predicted molar refractivity (Wildman–Crippen MR) is 82.5 cm³/mol. The van der Waals surface area contributed by atoms with E-state index in [0.717, 1.165) is 29.6 Å². The summed E-state index contributed by atoms with van der Waals surface area (Å²) in [4.78, 5) is 8.91. The number of hydrogen-bond donors (Lipinski definition) is 2. The van der Waals surface area contributed by atoms with Gasteiger partial charge < -0.3 is 10.6 Å². The van der Waals surface area contributed by atoms with E-state index < -0.39 is 0 Å². The van der Waals surface area contributed by atoms with Crippen LogP contribution in [-0.4, -0.2) is 16.0 Å². The molecule has 0 unspecified atom stereocenters. The maximum atomic E-state index is 4.47. The van der Waals surface area contributed by atoms with Gasteiger partial charge >= 0.3 is 0 Å². The van der Waals surface area contributed by atoms with Gasteiger partial charge in [0, 0.05) is 17.8 Å². The van der Waals surface area contributed by atoms with Crippen LogP contribution >= 0.6 is 0 Å². The molecular weight excluding hydrogens is 248 g/mol. The van der Waals surface area contributed by atoms with Crippen molar-refractivity contribution in [1.29, 1.82) is 0 Å². The predicted octanol–water partition coefficient (Wildman–Crippen LogP) is 3.67. The standard InChI is InChI=1S/C16H20N4/c1-3-12-6-4-5-7-14(12)20-16-10-15(17-11(2)18-16)19-13-8-9-13/h4-7,10,13H,3,8-9H2,1-2H3,(H2,17,18,19,20). The lowest BCUT2D eigenvalue weighted by Crippen LogP contribution is -2.06. The minimum absolute atomic E-state index is 0.597. The molecule has 4 nitrogen and oxygen atoms in total. The molecule has 0 radical (unpaired) electrons. The number of anilines is 3. The Morgan fingerprint density at radius 2 is 1.90 bits per heavy atom. The van der Waals surface area contributed by atoms with Gasteiger partial charge in [-0.25, -0.2) is 9.97 Å². The number of benzene rings is 1. The molecule has 20 heavy (non-hydrogen) atoms. The third-order valence-electron chi connectivity index (χ3n) is 3.43. The molecule has 1 aliphatic rings. The zero-order valence-electron chi connectivity index (χ0n) is 12.0. The van der Waals surface area contributed by atoms with Gasteiger partial charge in [0.1, 0.15) is 17.5 Å². The maximum absolute atomic E-state index is 4.47. The zero-order valence-corrected chi connectivity index (χ0v) is 12.0. The van der Waals surface area contributed by atoms with E-state index in [0.29, 0.717) is 6.04 Å². The van der Waals surface area contributed by atoms with Crippen LogP contribution in [0, 0.1) is 6.92 Å². The molecule has 3 rings (SSSR count). The first-order valence-electron chi connectivity index (χ1n) is 7.21. The lowest BCUT2D eigenvalue weighted by Gasteiger charge is -2.12. The monoisotopic (exact) mass is 268 g/mol. The Morgan fingerprint density at radius 1 is 1.15 bits per heavy atom. The molecule has 0 saturated heterocycles. The summed E-state index contributed by atoms with van der Waals surface area (Å²) in [5, 5.41) is 6.83. The Labute approximate surface area is 119 Å². The van der Waals surface area contributed by atoms with Gasteiger partial charge in [0.05, 0.1) is 0 Å². The van der Waals surface area contributed by atoms with E-state index in [-0.39, 0.29) is 0 Å². The van der Waals surface area contributed by atoms with Crippen LogP contribution in [0.25, 0.3) is 0 Å². The maximum Gasteiger partial charge on any atom is 0.136 e. The van der Waals surface area contributed by atoms with Crippen LogP contribution in [0.3, 0.4) is 0 Å². The third kappa shape index (κ3) is 3.07. The molecule has 0 atom stereocenters. The summed E-state index contributed by atoms with van der Waals surface area (Å²) in [5.41, 5.74) is 2.41. The van der Waals surface area contributed by atoms with E-state index in [1.807, 2.05) is 19.1 Å². The fourth-order valence-corrected chi connectivity index (χ4v) is 2.23. The molecule has 1 aromatic carbocycles. The fraction of sp³-hybridized carbons (Fsp3) is 0.375. The van der Waals surface area contributed by atoms with Crippen molar-refractivity contribution in [3.63, 3.8) is 0 Å². The molecule has 2 aromatic rings. The second-order valence-electron chi connectivity index (χ2n) is 5.24. The quantitative estimate of drug-likeness (QED) is 0.868. The molecule has 0 spiro atoms. The highest BCUT2D eigenvalue weighted by molar-refractivity contribution is 5.62. The van der Waals surface area contributed by atoms with Gasteiger partial charge in [0.2, 0.25) is 0 Å². The van der Waals surface area contributed by atoms with E-state index in [9.17, 15) is 0 Å². The minimum atomic E-state index is 0.597. The van der Waals surface area contributed by atoms with Crippen molar-refractivity contribution in [2.45, 2.75) is 39.2 Å². The summed E-state index contributed by atoms with van der Waals surface area (Å²) in [5.74, 6) is 2.55. The van der Waals surface area contributed by atoms with Gasteiger partial charge in [0.15, 0.2) is 0 Å². The summed E-state index contributed by atoms with van der Waals surface area (Å²) in [6, 6.07) is 10.9. The van der Waals surface area contributed by atoms with E-state index >= 15 is 0 Å². The van der Waals surface area contributed by atoms with Crippen molar-refractivity contribution in [2.24, 2.45) is 0 Å². The van der Waals surface area contributed by atoms with Crippen LogP contribution in [0.4, 0.5) is 17.3 Å². The Balaban J connectivity index is 1.83. The SMILES string of the molecule is CCc1ccccc1Nc1cc(NC2CC2)nc(C)n1. The molecule has 0 aliphatic heterocycles. The first-order chi connectivity index (χ1) is 9.74. The third-order valence-corrected chi connectivity index (χ3v) is 3.43. The van der Waals surface area contributed by atoms with Crippen LogP contribution in [0.2, 0.25) is 0 Å². The number of nitrogens with zero attached hydrogens (tertiary/aromatic N) is 2. The first kappa shape index (κ1) is 12.9. The molecule has 1 saturated carbocycles. The van der Waals surface area contributed by atoms with Gasteiger partial charge in [-0.15, -0.1) is 0 Å². The summed E-state index contributed by atoms with van der Waals surface area (Å²) in [6.07, 6.45) is 3.48. The summed E-state index contributed by atoms with van der Waals surface area (Å²) >= 11 is 0. The number of nitrogens with one attached hydrogen (secondary N) is 2. The van der Waals surface area contributed by atoms with E-state index in [2.05, 4.69) is 45.7 Å². The van der Waals surface area contributed by atoms with Gasteiger partial charge in [-0.3, -0.25) is 0 Å². The van der Waals surface area contributed by atoms with Gasteiger partial charge in [-0.2, -0.15) is 0 Å². The molecular formula is C16H20N4. The van der Waals surface area contributed by atoms with Gasteiger partial charge in [-0.1, -0.05) is 25.1 Å². The van der Waals surface area contributed by atoms with Crippen LogP contribution in [-0.2, 0) is 6.42 Å². The molecule has 4 heteroatoms. The molecule has 1 heterocycles. The number of aryl methyl sites for hydroxylation is 2. The molecule has 1 aromatic heterocycles. The smallest absolute Gasteiger partial charge is 0.136 e. The van der Waals surface area contributed by atoms with Gasteiger partial charge in [-0.05, 0) is 37.8 Å². The highest BCUT2D eigenvalue weighted by Gasteiger charge is 2.21. The van der Waals surface area contributed by atoms with E-state index in [1.54, 1.807) is 0 Å². The average molecular weight is 268 g/mol. The Hall–Kier alpha value is -2.10. The summed E-state index contributed by atoms with van der Waals surface area (Å²) < 4.78 is 0. The molecule has 2 N–H and O–H groups in total. The summed E-state index contributed by atoms with van der Waals surface area (Å²) in [6.45, 7) is 4.08. The second-order valence-corrected chi connectivity index (χ2v) is 5.24. The first-order valence-corrected chi connectivity index (χ1v) is 7.21. The van der Waals surface area contributed by atoms with Crippen molar-refractivity contribution in [3.8, 4) is 0 Å². The lowest BCUT2D eigenvalue weighted by molar-refractivity contribution is 1.02. The Morgan fingerprint density at radius 3 is 2.65 bits per heavy atom. The summed E-state index contributed by atoms with van der Waals surface area (Å²) in [7, 11) is 0. The van der Waals surface area contributed by atoms with Crippen LogP contribution in [0.5, 0.6) is 0 Å². The van der Waals surface area contributed by atoms with E-state index in [4.69, 9.17) is 0 Å². The van der Waals surface area contributed by atoms with Crippen molar-refractivity contribution < 1.29 is 0 Å². The largest absolute Gasteiger partial charge is 0.367 e. The number of rotatable bonds is 5. The molecule has 104 valence electrons. The van der Waals surface area contributed by atoms with Crippen LogP contribution < -0.4 is 10.6 Å². The molecule has 0 bridgehead atoms. The highest BCUT2D eigenvalue weighted by atomic mass is 15.1. The van der Waals surface area contributed by atoms with Crippen molar-refractivity contribution in [1.82, 2.24) is 9.97 Å². The minimum Gasteiger partial charge on any atom is -0.367 e. The normalized spacial score (nSPS) is 14.1. The molecule has 1 fully saturated rings. The van der Waals surface area contributed by atoms with Crippen molar-refractivity contribution >= 4 is 17.3 Å².